The third-order valence-electron chi connectivity index (χ3n) is 4.87. The third kappa shape index (κ3) is 2.71. The van der Waals surface area contributed by atoms with Crippen molar-refractivity contribution >= 4 is 10.0 Å². The average molecular weight is 343 g/mol. The molecule has 0 aromatic carbocycles. The molecule has 1 saturated heterocycles. The summed E-state index contributed by atoms with van der Waals surface area (Å²) in [4.78, 5) is 0.334. The molecule has 1 aromatic heterocycles. The topological polar surface area (TPSA) is 73.7 Å². The van der Waals surface area contributed by atoms with Crippen molar-refractivity contribution < 1.29 is 17.9 Å². The smallest absolute Gasteiger partial charge is 0.247 e. The summed E-state index contributed by atoms with van der Waals surface area (Å²) in [5.41, 5.74) is 1.22. The molecule has 0 bridgehead atoms. The van der Waals surface area contributed by atoms with E-state index in [-0.39, 0.29) is 18.2 Å². The van der Waals surface area contributed by atoms with E-state index >= 15 is 0 Å². The second-order valence-corrected chi connectivity index (χ2v) is 8.04. The zero-order chi connectivity index (χ0) is 16.8. The summed E-state index contributed by atoms with van der Waals surface area (Å²) in [6, 6.07) is -0.149. The lowest BCUT2D eigenvalue weighted by atomic mass is 10.1. The summed E-state index contributed by atoms with van der Waals surface area (Å²) in [5.74, 6) is 0. The highest BCUT2D eigenvalue weighted by Gasteiger charge is 2.48. The first-order valence-electron chi connectivity index (χ1n) is 8.13. The van der Waals surface area contributed by atoms with Crippen LogP contribution in [0.3, 0.4) is 0 Å². The number of ether oxygens (including phenoxy) is 2. The van der Waals surface area contributed by atoms with Gasteiger partial charge in [-0.2, -0.15) is 9.40 Å². The van der Waals surface area contributed by atoms with E-state index in [9.17, 15) is 8.42 Å². The summed E-state index contributed by atoms with van der Waals surface area (Å²) >= 11 is 0. The normalized spacial score (nSPS) is 29.0. The highest BCUT2D eigenvalue weighted by Crippen LogP contribution is 2.36. The van der Waals surface area contributed by atoms with E-state index in [0.29, 0.717) is 36.0 Å². The van der Waals surface area contributed by atoms with Gasteiger partial charge in [0, 0.05) is 20.2 Å². The molecule has 0 amide bonds. The molecule has 3 rings (SSSR count). The molecule has 2 heterocycles. The fourth-order valence-electron chi connectivity index (χ4n) is 3.82. The predicted octanol–water partition coefficient (Wildman–Crippen LogP) is 0.994. The first-order valence-corrected chi connectivity index (χ1v) is 9.57. The first-order chi connectivity index (χ1) is 10.9. The van der Waals surface area contributed by atoms with Gasteiger partial charge in [-0.1, -0.05) is 0 Å². The number of aromatic nitrogens is 2. The number of hydrogen-bond donors (Lipinski definition) is 0. The molecule has 3 atom stereocenters. The Morgan fingerprint density at radius 1 is 1.35 bits per heavy atom. The molecule has 1 aromatic rings. The van der Waals surface area contributed by atoms with Crippen LogP contribution in [0.25, 0.3) is 0 Å². The molecular weight excluding hydrogens is 318 g/mol. The summed E-state index contributed by atoms with van der Waals surface area (Å²) in [6.45, 7) is 6.90. The van der Waals surface area contributed by atoms with Gasteiger partial charge in [0.15, 0.2) is 0 Å². The number of aryl methyl sites for hydroxylation is 2. The van der Waals surface area contributed by atoms with Gasteiger partial charge in [0.2, 0.25) is 10.0 Å². The molecule has 0 spiro atoms. The molecule has 2 aliphatic rings. The molecule has 0 unspecified atom stereocenters. The van der Waals surface area contributed by atoms with E-state index < -0.39 is 10.0 Å². The zero-order valence-electron chi connectivity index (χ0n) is 14.2. The van der Waals surface area contributed by atoms with Crippen molar-refractivity contribution in [1.29, 1.82) is 0 Å². The van der Waals surface area contributed by atoms with Crippen molar-refractivity contribution in [2.24, 2.45) is 7.05 Å². The second kappa shape index (κ2) is 6.16. The maximum Gasteiger partial charge on any atom is 0.247 e. The van der Waals surface area contributed by atoms with Crippen LogP contribution >= 0.6 is 0 Å². The van der Waals surface area contributed by atoms with Crippen LogP contribution in [0.4, 0.5) is 0 Å². The van der Waals surface area contributed by atoms with E-state index in [4.69, 9.17) is 9.47 Å². The van der Waals surface area contributed by atoms with Crippen molar-refractivity contribution in [3.8, 4) is 0 Å². The fraction of sp³-hybridized carbons (Fsp3) is 0.800. The number of hydrogen-bond acceptors (Lipinski definition) is 5. The number of sulfonamides is 1. The molecule has 1 aliphatic carbocycles. The lowest BCUT2D eigenvalue weighted by Gasteiger charge is -2.38. The van der Waals surface area contributed by atoms with E-state index in [1.165, 1.54) is 0 Å². The molecule has 8 heteroatoms. The van der Waals surface area contributed by atoms with Crippen LogP contribution in [0.1, 0.15) is 31.2 Å². The van der Waals surface area contributed by atoms with E-state index in [0.717, 1.165) is 12.8 Å². The van der Waals surface area contributed by atoms with Gasteiger partial charge in [0.25, 0.3) is 0 Å². The monoisotopic (exact) mass is 343 g/mol. The van der Waals surface area contributed by atoms with Crippen LogP contribution in [0.5, 0.6) is 0 Å². The van der Waals surface area contributed by atoms with E-state index in [1.807, 2.05) is 6.92 Å². The lowest BCUT2D eigenvalue weighted by molar-refractivity contribution is -0.0938. The quantitative estimate of drug-likeness (QED) is 0.815. The van der Waals surface area contributed by atoms with Crippen molar-refractivity contribution in [2.45, 2.75) is 56.8 Å². The minimum atomic E-state index is -3.58. The largest absolute Gasteiger partial charge is 0.376 e. The van der Waals surface area contributed by atoms with Gasteiger partial charge >= 0.3 is 0 Å². The molecule has 0 radical (unpaired) electrons. The van der Waals surface area contributed by atoms with Crippen molar-refractivity contribution in [1.82, 2.24) is 14.1 Å². The van der Waals surface area contributed by atoms with Crippen LogP contribution in [0.15, 0.2) is 4.90 Å². The van der Waals surface area contributed by atoms with Crippen LogP contribution < -0.4 is 0 Å². The van der Waals surface area contributed by atoms with Crippen LogP contribution in [-0.2, 0) is 26.5 Å². The molecule has 7 nitrogen and oxygen atoms in total. The summed E-state index contributed by atoms with van der Waals surface area (Å²) < 4.78 is 41.3. The van der Waals surface area contributed by atoms with Gasteiger partial charge in [-0.15, -0.1) is 0 Å². The Morgan fingerprint density at radius 3 is 2.70 bits per heavy atom. The lowest BCUT2D eigenvalue weighted by Crippen LogP contribution is -2.53. The Bertz CT molecular complexity index is 685. The molecular formula is C15H25N3O4S. The maximum atomic E-state index is 13.2. The zero-order valence-corrected chi connectivity index (χ0v) is 15.0. The van der Waals surface area contributed by atoms with Crippen molar-refractivity contribution in [3.05, 3.63) is 11.4 Å². The third-order valence-corrected chi connectivity index (χ3v) is 7.05. The fourth-order valence-corrected chi connectivity index (χ4v) is 5.87. The Labute approximate surface area is 137 Å². The van der Waals surface area contributed by atoms with E-state index in [2.05, 4.69) is 5.10 Å². The molecule has 130 valence electrons. The van der Waals surface area contributed by atoms with Gasteiger partial charge in [-0.05, 0) is 33.6 Å². The van der Waals surface area contributed by atoms with Gasteiger partial charge < -0.3 is 9.47 Å². The summed E-state index contributed by atoms with van der Waals surface area (Å²) in [6.07, 6.45) is 1.42. The van der Waals surface area contributed by atoms with E-state index in [1.54, 1.807) is 29.9 Å². The Morgan fingerprint density at radius 2 is 2.09 bits per heavy atom. The number of morpholine rings is 1. The van der Waals surface area contributed by atoms with Gasteiger partial charge in [-0.25, -0.2) is 8.42 Å². The number of rotatable bonds is 4. The van der Waals surface area contributed by atoms with Gasteiger partial charge in [-0.3, -0.25) is 4.68 Å². The SMILES string of the molecule is CCO[C@@H]1CC[C@@H]2[C@H]1OCCN2S(=O)(=O)c1c(C)nn(C)c1C. The highest BCUT2D eigenvalue weighted by molar-refractivity contribution is 7.89. The van der Waals surface area contributed by atoms with Gasteiger partial charge in [0.05, 0.1) is 30.1 Å². The molecule has 2 fully saturated rings. The highest BCUT2D eigenvalue weighted by atomic mass is 32.2. The Balaban J connectivity index is 1.94. The number of nitrogens with zero attached hydrogens (tertiary/aromatic N) is 3. The summed E-state index contributed by atoms with van der Waals surface area (Å²) in [5, 5.41) is 4.26. The maximum absolute atomic E-state index is 13.2. The molecule has 0 N–H and O–H groups in total. The molecule has 23 heavy (non-hydrogen) atoms. The van der Waals surface area contributed by atoms with Crippen LogP contribution in [-0.4, -0.2) is 60.5 Å². The average Bonchev–Trinajstić information content (AvgIpc) is 3.01. The standard InChI is InChI=1S/C15H25N3O4S/c1-5-21-13-7-6-12-14(13)22-9-8-18(12)23(19,20)15-10(2)16-17(4)11(15)3/h12-14H,5-9H2,1-4H3/t12-,13-,14-/m1/s1. The van der Waals surface area contributed by atoms with Gasteiger partial charge in [0.1, 0.15) is 11.0 Å². The van der Waals surface area contributed by atoms with Crippen molar-refractivity contribution in [2.75, 3.05) is 19.8 Å². The van der Waals surface area contributed by atoms with Crippen molar-refractivity contribution in [3.63, 3.8) is 0 Å². The Kier molecular flexibility index (Phi) is 4.52. The molecule has 1 aliphatic heterocycles. The first kappa shape index (κ1) is 16.9. The van der Waals surface area contributed by atoms with Crippen LogP contribution in [0.2, 0.25) is 0 Å². The minimum Gasteiger partial charge on any atom is -0.376 e. The van der Waals surface area contributed by atoms with Crippen LogP contribution in [0, 0.1) is 13.8 Å². The number of fused-ring (bicyclic) bond motifs is 1. The minimum absolute atomic E-state index is 0.0147. The molecule has 1 saturated carbocycles. The second-order valence-electron chi connectivity index (χ2n) is 6.21. The summed E-state index contributed by atoms with van der Waals surface area (Å²) in [7, 11) is -1.81. The predicted molar refractivity (Wildman–Crippen MR) is 84.7 cm³/mol. The Hall–Kier alpha value is -0.960.